The molecule has 11 heteroatoms. The number of nitrogens with zero attached hydrogens (tertiary/aromatic N) is 4. The Hall–Kier alpha value is -2.76. The van der Waals surface area contributed by atoms with Gasteiger partial charge >= 0.3 is 0 Å². The molecule has 31 heavy (non-hydrogen) atoms. The largest absolute Gasteiger partial charge is 0.497 e. The van der Waals surface area contributed by atoms with Crippen molar-refractivity contribution in [2.45, 2.75) is 18.0 Å². The van der Waals surface area contributed by atoms with Gasteiger partial charge in [0, 0.05) is 18.5 Å². The van der Waals surface area contributed by atoms with E-state index in [0.717, 1.165) is 35.3 Å². The molecule has 2 aromatic heterocycles. The molecule has 3 heterocycles. The van der Waals surface area contributed by atoms with E-state index < -0.39 is 0 Å². The summed E-state index contributed by atoms with van der Waals surface area (Å²) in [6.07, 6.45) is 1.48. The van der Waals surface area contributed by atoms with Gasteiger partial charge in [-0.1, -0.05) is 23.1 Å². The van der Waals surface area contributed by atoms with E-state index in [1.54, 1.807) is 7.11 Å². The lowest BCUT2D eigenvalue weighted by Crippen LogP contribution is -2.57. The second-order valence-electron chi connectivity index (χ2n) is 7.22. The first-order valence-electron chi connectivity index (χ1n) is 9.61. The first kappa shape index (κ1) is 21.5. The van der Waals surface area contributed by atoms with Crippen molar-refractivity contribution in [2.24, 2.45) is 0 Å². The Morgan fingerprint density at radius 3 is 2.87 bits per heavy atom. The van der Waals surface area contributed by atoms with Crippen molar-refractivity contribution in [2.75, 3.05) is 38.3 Å². The van der Waals surface area contributed by atoms with Crippen LogP contribution in [0.4, 0.5) is 5.13 Å². The van der Waals surface area contributed by atoms with Gasteiger partial charge in [-0.15, -0.1) is 0 Å². The summed E-state index contributed by atoms with van der Waals surface area (Å²) < 4.78 is 5.29. The minimum atomic E-state index is -0.223. The number of amides is 2. The summed E-state index contributed by atoms with van der Waals surface area (Å²) in [5.41, 5.74) is 0.796. The van der Waals surface area contributed by atoms with Crippen LogP contribution in [-0.4, -0.2) is 70.7 Å². The summed E-state index contributed by atoms with van der Waals surface area (Å²) in [6, 6.07) is 5.74. The van der Waals surface area contributed by atoms with Crippen LogP contribution in [-0.2, 0) is 4.79 Å². The molecule has 162 valence electrons. The number of aromatic nitrogens is 3. The second kappa shape index (κ2) is 9.16. The average Bonchev–Trinajstić information content (AvgIpc) is 3.19. The number of nitrogens with one attached hydrogen (secondary N) is 2. The Balaban J connectivity index is 1.36. The van der Waals surface area contributed by atoms with Crippen LogP contribution >= 0.6 is 23.1 Å². The Labute approximate surface area is 187 Å². The normalized spacial score (nSPS) is 14.3. The van der Waals surface area contributed by atoms with Gasteiger partial charge in [-0.2, -0.15) is 0 Å². The molecule has 2 amide bonds. The zero-order chi connectivity index (χ0) is 22.0. The van der Waals surface area contributed by atoms with Gasteiger partial charge in [0.1, 0.15) is 21.5 Å². The maximum atomic E-state index is 12.4. The highest BCUT2D eigenvalue weighted by atomic mass is 32.2. The van der Waals surface area contributed by atoms with E-state index in [1.807, 2.05) is 32.2 Å². The topological polar surface area (TPSA) is 109 Å². The van der Waals surface area contributed by atoms with Crippen molar-refractivity contribution >= 4 is 50.9 Å². The molecule has 0 atom stereocenters. The van der Waals surface area contributed by atoms with Crippen LogP contribution in [0, 0.1) is 6.92 Å². The number of thiazole rings is 1. The Kier molecular flexibility index (Phi) is 6.35. The van der Waals surface area contributed by atoms with Gasteiger partial charge in [0.25, 0.3) is 5.91 Å². The van der Waals surface area contributed by atoms with Crippen LogP contribution in [0.25, 0.3) is 10.9 Å². The fraction of sp³-hybridized carbons (Fsp3) is 0.350. The summed E-state index contributed by atoms with van der Waals surface area (Å²) in [6.45, 7) is 3.50. The number of hydrogen-bond acceptors (Lipinski definition) is 9. The number of benzene rings is 1. The van der Waals surface area contributed by atoms with Crippen molar-refractivity contribution < 1.29 is 14.3 Å². The Morgan fingerprint density at radius 1 is 1.32 bits per heavy atom. The predicted molar refractivity (Wildman–Crippen MR) is 121 cm³/mol. The molecule has 1 aliphatic heterocycles. The maximum absolute atomic E-state index is 12.4. The number of rotatable bonds is 7. The SMILES string of the molecule is COc1ccc2nc(C)nc(SCC(=O)Nc3ncc(C(=O)NC4CN(C)C4)s3)c2c1. The Morgan fingerprint density at radius 2 is 2.13 bits per heavy atom. The lowest BCUT2D eigenvalue weighted by molar-refractivity contribution is -0.113. The number of carbonyl (C=O) groups excluding carboxylic acids is 2. The third-order valence-electron chi connectivity index (χ3n) is 4.69. The van der Waals surface area contributed by atoms with E-state index in [9.17, 15) is 9.59 Å². The minimum absolute atomic E-state index is 0.151. The van der Waals surface area contributed by atoms with Gasteiger partial charge in [0.2, 0.25) is 5.91 Å². The quantitative estimate of drug-likeness (QED) is 0.410. The van der Waals surface area contributed by atoms with Gasteiger partial charge in [-0.25, -0.2) is 15.0 Å². The molecule has 4 rings (SSSR count). The average molecular weight is 459 g/mol. The molecule has 0 unspecified atom stereocenters. The van der Waals surface area contributed by atoms with Crippen LogP contribution in [0.5, 0.6) is 5.75 Å². The summed E-state index contributed by atoms with van der Waals surface area (Å²) in [5.74, 6) is 1.10. The van der Waals surface area contributed by atoms with Crippen LogP contribution in [0.2, 0.25) is 0 Å². The van der Waals surface area contributed by atoms with Gasteiger partial charge in [-0.05, 0) is 32.2 Å². The van der Waals surface area contributed by atoms with Gasteiger partial charge in [0.15, 0.2) is 5.13 Å². The number of likely N-dealkylation sites (tertiary alicyclic amines) is 1. The number of aryl methyl sites for hydroxylation is 1. The number of methoxy groups -OCH3 is 1. The van der Waals surface area contributed by atoms with Crippen molar-refractivity contribution in [3.63, 3.8) is 0 Å². The van der Waals surface area contributed by atoms with E-state index in [0.29, 0.717) is 26.6 Å². The number of carbonyl (C=O) groups is 2. The number of fused-ring (bicyclic) bond motifs is 1. The summed E-state index contributed by atoms with van der Waals surface area (Å²) in [5, 5.41) is 7.64. The van der Waals surface area contributed by atoms with E-state index in [1.165, 1.54) is 18.0 Å². The third-order valence-corrected chi connectivity index (χ3v) is 6.60. The monoisotopic (exact) mass is 458 g/mol. The zero-order valence-electron chi connectivity index (χ0n) is 17.3. The highest BCUT2D eigenvalue weighted by Crippen LogP contribution is 2.29. The number of anilines is 1. The number of thioether (sulfide) groups is 1. The lowest BCUT2D eigenvalue weighted by Gasteiger charge is -2.36. The summed E-state index contributed by atoms with van der Waals surface area (Å²) >= 11 is 2.48. The molecule has 1 aromatic carbocycles. The Bertz CT molecular complexity index is 1130. The number of hydrogen-bond donors (Lipinski definition) is 2. The molecule has 0 radical (unpaired) electrons. The first-order valence-corrected chi connectivity index (χ1v) is 11.4. The molecular weight excluding hydrogens is 436 g/mol. The maximum Gasteiger partial charge on any atom is 0.263 e. The van der Waals surface area contributed by atoms with E-state index >= 15 is 0 Å². The van der Waals surface area contributed by atoms with Crippen LogP contribution in [0.1, 0.15) is 15.5 Å². The molecule has 0 saturated carbocycles. The number of ether oxygens (including phenoxy) is 1. The zero-order valence-corrected chi connectivity index (χ0v) is 19.0. The molecule has 9 nitrogen and oxygen atoms in total. The second-order valence-corrected chi connectivity index (χ2v) is 9.21. The fourth-order valence-corrected chi connectivity index (χ4v) is 4.79. The smallest absolute Gasteiger partial charge is 0.263 e. The van der Waals surface area contributed by atoms with E-state index in [2.05, 4.69) is 30.5 Å². The predicted octanol–water partition coefficient (Wildman–Crippen LogP) is 2.18. The van der Waals surface area contributed by atoms with Crippen molar-refractivity contribution in [3.8, 4) is 5.75 Å². The number of likely N-dealkylation sites (N-methyl/N-ethyl adjacent to an activating group) is 1. The van der Waals surface area contributed by atoms with Crippen molar-refractivity contribution in [1.82, 2.24) is 25.2 Å². The van der Waals surface area contributed by atoms with Crippen LogP contribution < -0.4 is 15.4 Å². The standard InChI is InChI=1S/C20H22N6O3S2/c1-11-22-15-5-4-13(29-3)6-14(15)19(23-11)30-10-17(27)25-20-21-7-16(31-20)18(28)24-12-8-26(2)9-12/h4-7,12H,8-10H2,1-3H3,(H,24,28)(H,21,25,27). The molecule has 1 fully saturated rings. The minimum Gasteiger partial charge on any atom is -0.497 e. The molecule has 0 aliphatic carbocycles. The third kappa shape index (κ3) is 5.12. The molecule has 1 aliphatic rings. The van der Waals surface area contributed by atoms with Gasteiger partial charge < -0.3 is 20.3 Å². The van der Waals surface area contributed by atoms with E-state index in [-0.39, 0.29) is 23.6 Å². The van der Waals surface area contributed by atoms with E-state index in [4.69, 9.17) is 4.74 Å². The van der Waals surface area contributed by atoms with Crippen LogP contribution in [0.3, 0.4) is 0 Å². The molecular formula is C20H22N6O3S2. The highest BCUT2D eigenvalue weighted by Gasteiger charge is 2.25. The van der Waals surface area contributed by atoms with Crippen molar-refractivity contribution in [1.29, 1.82) is 0 Å². The molecule has 2 N–H and O–H groups in total. The van der Waals surface area contributed by atoms with Gasteiger partial charge in [-0.3, -0.25) is 9.59 Å². The first-order chi connectivity index (χ1) is 14.9. The van der Waals surface area contributed by atoms with Crippen LogP contribution in [0.15, 0.2) is 29.4 Å². The lowest BCUT2D eigenvalue weighted by atomic mass is 10.1. The fourth-order valence-electron chi connectivity index (χ4n) is 3.20. The summed E-state index contributed by atoms with van der Waals surface area (Å²) in [4.78, 5) is 40.4. The molecule has 0 bridgehead atoms. The molecule has 1 saturated heterocycles. The highest BCUT2D eigenvalue weighted by molar-refractivity contribution is 8.00. The summed E-state index contributed by atoms with van der Waals surface area (Å²) in [7, 11) is 3.60. The van der Waals surface area contributed by atoms with Crippen molar-refractivity contribution in [3.05, 3.63) is 35.1 Å². The van der Waals surface area contributed by atoms with Gasteiger partial charge in [0.05, 0.1) is 30.6 Å². The molecule has 3 aromatic rings. The molecule has 0 spiro atoms.